The molecule has 0 atom stereocenters. The van der Waals surface area contributed by atoms with Gasteiger partial charge in [-0.2, -0.15) is 0 Å². The summed E-state index contributed by atoms with van der Waals surface area (Å²) in [4.78, 5) is 13.3. The predicted molar refractivity (Wildman–Crippen MR) is 101 cm³/mol. The summed E-state index contributed by atoms with van der Waals surface area (Å²) >= 11 is 0. The van der Waals surface area contributed by atoms with Crippen LogP contribution in [0.3, 0.4) is 0 Å². The predicted octanol–water partition coefficient (Wildman–Crippen LogP) is 3.10. The zero-order valence-corrected chi connectivity index (χ0v) is 15.1. The second-order valence-electron chi connectivity index (χ2n) is 6.47. The average molecular weight is 376 g/mol. The van der Waals surface area contributed by atoms with Gasteiger partial charge < -0.3 is 15.4 Å². The summed E-state index contributed by atoms with van der Waals surface area (Å²) < 4.78 is 15.3. The van der Waals surface area contributed by atoms with Crippen molar-refractivity contribution >= 4 is 35.0 Å². The van der Waals surface area contributed by atoms with Gasteiger partial charge in [0.1, 0.15) is 11.6 Å². The van der Waals surface area contributed by atoms with Crippen molar-refractivity contribution in [3.05, 3.63) is 42.5 Å². The number of aromatic nitrogens is 4. The number of aliphatic hydroxyl groups is 1. The number of nitrogen functional groups attached to an aromatic ring is 1. The molecule has 4 rings (SSSR count). The van der Waals surface area contributed by atoms with Gasteiger partial charge in [-0.3, -0.25) is 0 Å². The fraction of sp³-hybridized carbons (Fsp3) is 0.278. The van der Waals surface area contributed by atoms with Crippen LogP contribution in [-0.2, 0) is 7.05 Å². The number of halogens is 2. The van der Waals surface area contributed by atoms with Crippen LogP contribution in [0, 0.1) is 5.82 Å². The minimum atomic E-state index is -0.954. The van der Waals surface area contributed by atoms with Crippen molar-refractivity contribution in [3.8, 4) is 11.4 Å². The first kappa shape index (κ1) is 18.3. The van der Waals surface area contributed by atoms with Crippen LogP contribution in [0.4, 0.5) is 10.2 Å². The van der Waals surface area contributed by atoms with Crippen molar-refractivity contribution in [3.63, 3.8) is 0 Å². The highest BCUT2D eigenvalue weighted by molar-refractivity contribution is 5.87. The molecule has 6 nitrogen and oxygen atoms in total. The molecule has 1 aliphatic rings. The molecule has 1 aromatic carbocycles. The fourth-order valence-corrected chi connectivity index (χ4v) is 3.12. The maximum atomic E-state index is 13.5. The Balaban J connectivity index is 0.00000196. The maximum absolute atomic E-state index is 13.5. The van der Waals surface area contributed by atoms with Crippen LogP contribution < -0.4 is 5.73 Å². The van der Waals surface area contributed by atoms with E-state index in [4.69, 9.17) is 5.73 Å². The van der Waals surface area contributed by atoms with Crippen molar-refractivity contribution in [1.82, 2.24) is 19.5 Å². The van der Waals surface area contributed by atoms with Crippen LogP contribution >= 0.6 is 12.4 Å². The van der Waals surface area contributed by atoms with E-state index in [0.717, 1.165) is 6.42 Å². The van der Waals surface area contributed by atoms with Crippen LogP contribution in [0.15, 0.2) is 30.8 Å². The number of hydrogen-bond acceptors (Lipinski definition) is 5. The normalized spacial score (nSPS) is 15.3. The van der Waals surface area contributed by atoms with Crippen molar-refractivity contribution in [2.24, 2.45) is 7.05 Å². The number of anilines is 1. The molecular weight excluding hydrogens is 357 g/mol. The van der Waals surface area contributed by atoms with Gasteiger partial charge in [-0.05, 0) is 31.4 Å². The third-order valence-corrected chi connectivity index (χ3v) is 4.84. The third-order valence-electron chi connectivity index (χ3n) is 4.84. The summed E-state index contributed by atoms with van der Waals surface area (Å²) in [5.41, 5.74) is 7.17. The highest BCUT2D eigenvalue weighted by atomic mass is 35.5. The van der Waals surface area contributed by atoms with E-state index in [-0.39, 0.29) is 24.0 Å². The summed E-state index contributed by atoms with van der Waals surface area (Å²) in [6, 6.07) is 6.17. The summed E-state index contributed by atoms with van der Waals surface area (Å²) in [5.74, 6) is 0.730. The molecule has 0 saturated heterocycles. The Kier molecular flexibility index (Phi) is 4.46. The van der Waals surface area contributed by atoms with E-state index in [2.05, 4.69) is 21.5 Å². The molecule has 0 unspecified atom stereocenters. The number of rotatable bonds is 3. The van der Waals surface area contributed by atoms with E-state index in [1.165, 1.54) is 12.1 Å². The number of imidazole rings is 1. The number of hydrogen-bond donors (Lipinski definition) is 2. The topological polar surface area (TPSA) is 89.9 Å². The zero-order valence-electron chi connectivity index (χ0n) is 14.2. The Morgan fingerprint density at radius 2 is 2.04 bits per heavy atom. The number of nitrogens with zero attached hydrogens (tertiary/aromatic N) is 4. The van der Waals surface area contributed by atoms with Crippen LogP contribution in [0.1, 0.15) is 25.1 Å². The first-order chi connectivity index (χ1) is 11.9. The molecule has 136 valence electrons. The van der Waals surface area contributed by atoms with Crippen LogP contribution in [0.25, 0.3) is 28.1 Å². The number of nitrogens with two attached hydrogens (primary N) is 1. The molecule has 0 amide bonds. The second kappa shape index (κ2) is 6.34. The van der Waals surface area contributed by atoms with Gasteiger partial charge in [-0.1, -0.05) is 18.7 Å². The van der Waals surface area contributed by atoms with Gasteiger partial charge in [-0.25, -0.2) is 19.3 Å². The molecule has 2 aromatic heterocycles. The molecule has 1 aliphatic carbocycles. The molecule has 3 N–H and O–H groups in total. The lowest BCUT2D eigenvalue weighted by atomic mass is 9.75. The van der Waals surface area contributed by atoms with Gasteiger partial charge in [0.2, 0.25) is 0 Å². The van der Waals surface area contributed by atoms with E-state index in [0.29, 0.717) is 46.8 Å². The minimum absolute atomic E-state index is 0. The molecular formula is C18H19ClFN5O. The van der Waals surface area contributed by atoms with Gasteiger partial charge in [0.25, 0.3) is 0 Å². The highest BCUT2D eigenvalue weighted by Gasteiger charge is 2.39. The molecule has 1 saturated carbocycles. The SMILES string of the molecule is C=C(c1nc(N)c2nc(-c3cccc(F)c3)n(C)c2n1)C1(O)CCC1.Cl. The first-order valence-corrected chi connectivity index (χ1v) is 8.07. The molecule has 0 bridgehead atoms. The highest BCUT2D eigenvalue weighted by Crippen LogP contribution is 2.41. The van der Waals surface area contributed by atoms with E-state index in [1.807, 2.05) is 0 Å². The number of benzene rings is 1. The van der Waals surface area contributed by atoms with E-state index in [9.17, 15) is 9.50 Å². The lowest BCUT2D eigenvalue weighted by Crippen LogP contribution is -2.38. The molecule has 0 spiro atoms. The molecule has 1 fully saturated rings. The van der Waals surface area contributed by atoms with Crippen LogP contribution in [0.5, 0.6) is 0 Å². The van der Waals surface area contributed by atoms with Gasteiger partial charge >= 0.3 is 0 Å². The summed E-state index contributed by atoms with van der Waals surface area (Å²) in [7, 11) is 1.78. The third kappa shape index (κ3) is 2.73. The second-order valence-corrected chi connectivity index (χ2v) is 6.47. The molecule has 26 heavy (non-hydrogen) atoms. The van der Waals surface area contributed by atoms with E-state index >= 15 is 0 Å². The molecule has 8 heteroatoms. The van der Waals surface area contributed by atoms with Crippen molar-refractivity contribution < 1.29 is 9.50 Å². The summed E-state index contributed by atoms with van der Waals surface area (Å²) in [6.07, 6.45) is 2.24. The summed E-state index contributed by atoms with van der Waals surface area (Å²) in [6.45, 7) is 3.96. The van der Waals surface area contributed by atoms with Crippen molar-refractivity contribution in [1.29, 1.82) is 0 Å². The number of aryl methyl sites for hydroxylation is 1. The Labute approximate surface area is 156 Å². The molecule has 3 aromatic rings. The van der Waals surface area contributed by atoms with Gasteiger partial charge in [0.15, 0.2) is 22.8 Å². The van der Waals surface area contributed by atoms with Gasteiger partial charge in [-0.15, -0.1) is 12.4 Å². The van der Waals surface area contributed by atoms with Crippen LogP contribution in [-0.4, -0.2) is 30.2 Å². The standard InChI is InChI=1S/C18H18FN5O.ClH/c1-10(18(25)7-4-8-18)15-22-14(20)13-17(23-15)24(2)16(21-13)11-5-3-6-12(19)9-11;/h3,5-6,9,25H,1,4,7-8H2,2H3,(H2,20,22,23);1H. The van der Waals surface area contributed by atoms with Crippen molar-refractivity contribution in [2.75, 3.05) is 5.73 Å². The molecule has 0 radical (unpaired) electrons. The van der Waals surface area contributed by atoms with Crippen molar-refractivity contribution in [2.45, 2.75) is 24.9 Å². The Bertz CT molecular complexity index is 1010. The van der Waals surface area contributed by atoms with Gasteiger partial charge in [0.05, 0.1) is 5.60 Å². The summed E-state index contributed by atoms with van der Waals surface area (Å²) in [5, 5.41) is 10.5. The molecule has 2 heterocycles. The quantitative estimate of drug-likeness (QED) is 0.734. The Morgan fingerprint density at radius 3 is 2.65 bits per heavy atom. The molecule has 0 aliphatic heterocycles. The first-order valence-electron chi connectivity index (χ1n) is 8.07. The Morgan fingerprint density at radius 1 is 1.31 bits per heavy atom. The lowest BCUT2D eigenvalue weighted by molar-refractivity contribution is 0.0242. The fourth-order valence-electron chi connectivity index (χ4n) is 3.12. The lowest BCUT2D eigenvalue weighted by Gasteiger charge is -2.37. The number of fused-ring (bicyclic) bond motifs is 1. The maximum Gasteiger partial charge on any atom is 0.166 e. The zero-order chi connectivity index (χ0) is 17.8. The van der Waals surface area contributed by atoms with E-state index < -0.39 is 5.60 Å². The largest absolute Gasteiger partial charge is 0.385 e. The average Bonchev–Trinajstić information content (AvgIpc) is 2.90. The van der Waals surface area contributed by atoms with E-state index in [1.54, 1.807) is 23.7 Å². The Hall–Kier alpha value is -2.51. The minimum Gasteiger partial charge on any atom is -0.385 e. The smallest absolute Gasteiger partial charge is 0.166 e. The van der Waals surface area contributed by atoms with Crippen LogP contribution in [0.2, 0.25) is 0 Å². The van der Waals surface area contributed by atoms with Gasteiger partial charge in [0, 0.05) is 18.2 Å². The monoisotopic (exact) mass is 375 g/mol.